The first-order valence-electron chi connectivity index (χ1n) is 9.83. The fraction of sp³-hybridized carbons (Fsp3) is 0.318. The Labute approximate surface area is 178 Å². The number of ether oxygens (including phenoxy) is 2. The van der Waals surface area contributed by atoms with Crippen molar-refractivity contribution in [3.63, 3.8) is 0 Å². The monoisotopic (exact) mass is 429 g/mol. The Morgan fingerprint density at radius 2 is 2.00 bits per heavy atom. The molecule has 0 bridgehead atoms. The molecule has 3 aromatic rings. The van der Waals surface area contributed by atoms with Gasteiger partial charge < -0.3 is 9.47 Å². The topological polar surface area (TPSA) is 66.2 Å². The molecule has 1 aliphatic rings. The van der Waals surface area contributed by atoms with Gasteiger partial charge in [0.25, 0.3) is 0 Å². The average Bonchev–Trinajstić information content (AvgIpc) is 3.11. The Bertz CT molecular complexity index is 1090. The van der Waals surface area contributed by atoms with E-state index < -0.39 is 24.0 Å². The van der Waals surface area contributed by atoms with Crippen molar-refractivity contribution in [1.82, 2.24) is 14.8 Å². The molecular formula is C22H21ClFN3O3. The van der Waals surface area contributed by atoms with Crippen LogP contribution in [0.15, 0.2) is 42.5 Å². The van der Waals surface area contributed by atoms with Crippen LogP contribution in [0.1, 0.15) is 55.3 Å². The van der Waals surface area contributed by atoms with Gasteiger partial charge in [-0.15, -0.1) is 10.2 Å². The first-order valence-corrected chi connectivity index (χ1v) is 10.2. The van der Waals surface area contributed by atoms with Gasteiger partial charge in [0.1, 0.15) is 23.8 Å². The minimum atomic E-state index is -0.786. The molecule has 6 nitrogen and oxygen atoms in total. The lowest BCUT2D eigenvalue weighted by molar-refractivity contribution is -0.147. The summed E-state index contributed by atoms with van der Waals surface area (Å²) in [5, 5.41) is 9.07. The van der Waals surface area contributed by atoms with Gasteiger partial charge in [-0.1, -0.05) is 36.7 Å². The van der Waals surface area contributed by atoms with Crippen LogP contribution >= 0.6 is 11.6 Å². The highest BCUT2D eigenvalue weighted by Gasteiger charge is 2.35. The molecule has 0 amide bonds. The molecule has 0 saturated carbocycles. The van der Waals surface area contributed by atoms with Gasteiger partial charge in [0.05, 0.1) is 18.7 Å². The predicted molar refractivity (Wildman–Crippen MR) is 109 cm³/mol. The van der Waals surface area contributed by atoms with E-state index in [1.54, 1.807) is 37.3 Å². The number of carbonyl (C=O) groups is 1. The minimum Gasteiger partial charge on any atom is -0.466 e. The third-order valence-electron chi connectivity index (χ3n) is 5.02. The zero-order chi connectivity index (χ0) is 21.3. The van der Waals surface area contributed by atoms with E-state index in [1.807, 2.05) is 17.6 Å². The summed E-state index contributed by atoms with van der Waals surface area (Å²) in [6, 6.07) is 11.8. The highest BCUT2D eigenvalue weighted by Crippen LogP contribution is 2.42. The number of nitrogens with zero attached hydrogens (tertiary/aromatic N) is 3. The molecule has 30 heavy (non-hydrogen) atoms. The zero-order valence-corrected chi connectivity index (χ0v) is 17.4. The van der Waals surface area contributed by atoms with Crippen molar-refractivity contribution in [3.8, 4) is 5.69 Å². The molecule has 0 spiro atoms. The van der Waals surface area contributed by atoms with Gasteiger partial charge >= 0.3 is 5.97 Å². The maximum atomic E-state index is 14.8. The van der Waals surface area contributed by atoms with E-state index in [9.17, 15) is 9.18 Å². The van der Waals surface area contributed by atoms with Crippen LogP contribution in [-0.2, 0) is 20.7 Å². The van der Waals surface area contributed by atoms with Crippen molar-refractivity contribution >= 4 is 17.6 Å². The lowest BCUT2D eigenvalue weighted by atomic mass is 9.99. The van der Waals surface area contributed by atoms with Gasteiger partial charge in [0.2, 0.25) is 0 Å². The van der Waals surface area contributed by atoms with Gasteiger partial charge in [0.15, 0.2) is 5.82 Å². The van der Waals surface area contributed by atoms with Gasteiger partial charge in [-0.25, -0.2) is 4.39 Å². The number of rotatable bonds is 5. The fourth-order valence-electron chi connectivity index (χ4n) is 3.71. The van der Waals surface area contributed by atoms with Crippen molar-refractivity contribution in [1.29, 1.82) is 0 Å². The largest absolute Gasteiger partial charge is 0.466 e. The quantitative estimate of drug-likeness (QED) is 0.548. The Morgan fingerprint density at radius 1 is 1.20 bits per heavy atom. The molecule has 1 aromatic heterocycles. The number of benzene rings is 2. The molecule has 8 heteroatoms. The average molecular weight is 430 g/mol. The van der Waals surface area contributed by atoms with Crippen LogP contribution in [0.25, 0.3) is 5.69 Å². The van der Waals surface area contributed by atoms with E-state index in [0.717, 1.165) is 5.69 Å². The summed E-state index contributed by atoms with van der Waals surface area (Å²) in [4.78, 5) is 12.3. The normalized spacial score (nSPS) is 17.7. The van der Waals surface area contributed by atoms with Crippen LogP contribution < -0.4 is 0 Å². The van der Waals surface area contributed by atoms with Crippen LogP contribution in [0.5, 0.6) is 0 Å². The lowest BCUT2D eigenvalue weighted by Crippen LogP contribution is -2.17. The van der Waals surface area contributed by atoms with E-state index in [2.05, 4.69) is 10.2 Å². The molecule has 1 aliphatic heterocycles. The molecule has 0 aliphatic carbocycles. The minimum absolute atomic E-state index is 0.0671. The number of hydrogen-bond donors (Lipinski definition) is 0. The van der Waals surface area contributed by atoms with Gasteiger partial charge in [-0.05, 0) is 31.2 Å². The Hall–Kier alpha value is -2.77. The van der Waals surface area contributed by atoms with Gasteiger partial charge in [0, 0.05) is 22.6 Å². The SMILES string of the molecule is CCOC(=O)CC1OC(c2ccccc2F)c2cc(Cl)ccc2-n2c(CC)nnc21. The molecule has 2 atom stereocenters. The smallest absolute Gasteiger partial charge is 0.308 e. The molecule has 0 saturated heterocycles. The summed E-state index contributed by atoms with van der Waals surface area (Å²) >= 11 is 6.30. The second-order valence-electron chi connectivity index (χ2n) is 6.90. The first kappa shape index (κ1) is 20.5. The van der Waals surface area contributed by atoms with E-state index in [-0.39, 0.29) is 13.0 Å². The number of aromatic nitrogens is 3. The highest BCUT2D eigenvalue weighted by molar-refractivity contribution is 6.30. The molecule has 0 fully saturated rings. The van der Waals surface area contributed by atoms with Crippen LogP contribution in [0.3, 0.4) is 0 Å². The summed E-state index contributed by atoms with van der Waals surface area (Å²) in [6.45, 7) is 3.96. The van der Waals surface area contributed by atoms with Crippen LogP contribution in [0.4, 0.5) is 4.39 Å². The second kappa shape index (κ2) is 8.53. The second-order valence-corrected chi connectivity index (χ2v) is 7.34. The molecule has 0 radical (unpaired) electrons. The van der Waals surface area contributed by atoms with Crippen molar-refractivity contribution in [2.45, 2.75) is 38.9 Å². The molecule has 2 aromatic carbocycles. The first-order chi connectivity index (χ1) is 14.5. The number of carbonyl (C=O) groups excluding carboxylic acids is 1. The Kier molecular flexibility index (Phi) is 5.83. The van der Waals surface area contributed by atoms with E-state index in [4.69, 9.17) is 21.1 Å². The number of halogens is 2. The predicted octanol–water partition coefficient (Wildman–Crippen LogP) is 4.74. The summed E-state index contributed by atoms with van der Waals surface area (Å²) in [5.74, 6) is 0.352. The molecule has 2 unspecified atom stereocenters. The van der Waals surface area contributed by atoms with Crippen LogP contribution in [0, 0.1) is 5.82 Å². The Morgan fingerprint density at radius 3 is 2.73 bits per heavy atom. The molecular weight excluding hydrogens is 409 g/mol. The summed E-state index contributed by atoms with van der Waals surface area (Å²) in [5.41, 5.74) is 1.78. The maximum Gasteiger partial charge on any atom is 0.308 e. The number of esters is 1. The highest BCUT2D eigenvalue weighted by atomic mass is 35.5. The lowest BCUT2D eigenvalue weighted by Gasteiger charge is -2.22. The van der Waals surface area contributed by atoms with Gasteiger partial charge in [-0.2, -0.15) is 0 Å². The maximum absolute atomic E-state index is 14.8. The number of fused-ring (bicyclic) bond motifs is 3. The van der Waals surface area contributed by atoms with Crippen LogP contribution in [0.2, 0.25) is 5.02 Å². The van der Waals surface area contributed by atoms with Crippen molar-refractivity contribution in [2.75, 3.05) is 6.61 Å². The van der Waals surface area contributed by atoms with E-state index in [0.29, 0.717) is 34.2 Å². The van der Waals surface area contributed by atoms with Crippen molar-refractivity contribution in [2.24, 2.45) is 0 Å². The zero-order valence-electron chi connectivity index (χ0n) is 16.6. The van der Waals surface area contributed by atoms with E-state index >= 15 is 0 Å². The standard InChI is InChI=1S/C22H21ClFN3O3/c1-3-19-25-26-22-18(12-20(28)29-4-2)30-21(14-7-5-6-8-16(14)24)15-11-13(23)9-10-17(15)27(19)22/h5-11,18,21H,3-4,12H2,1-2H3. The van der Waals surface area contributed by atoms with Crippen molar-refractivity contribution < 1.29 is 18.7 Å². The fourth-order valence-corrected chi connectivity index (χ4v) is 3.89. The molecule has 0 N–H and O–H groups in total. The third-order valence-corrected chi connectivity index (χ3v) is 5.25. The summed E-state index contributed by atoms with van der Waals surface area (Å²) in [7, 11) is 0. The summed E-state index contributed by atoms with van der Waals surface area (Å²) < 4.78 is 28.1. The van der Waals surface area contributed by atoms with Crippen molar-refractivity contribution in [3.05, 3.63) is 76.1 Å². The third kappa shape index (κ3) is 3.70. The van der Waals surface area contributed by atoms with Crippen LogP contribution in [-0.4, -0.2) is 27.3 Å². The molecule has 2 heterocycles. The molecule has 4 rings (SSSR count). The van der Waals surface area contributed by atoms with E-state index in [1.165, 1.54) is 6.07 Å². The van der Waals surface area contributed by atoms with Gasteiger partial charge in [-0.3, -0.25) is 9.36 Å². The number of hydrogen-bond acceptors (Lipinski definition) is 5. The summed E-state index contributed by atoms with van der Waals surface area (Å²) in [6.07, 6.45) is -1.01. The number of aryl methyl sites for hydroxylation is 1. The Balaban J connectivity index is 1.93. The molecule has 156 valence electrons.